The van der Waals surface area contributed by atoms with E-state index in [0.717, 1.165) is 0 Å². The number of carboxylic acid groups (broad SMARTS) is 1. The van der Waals surface area contributed by atoms with Gasteiger partial charge in [-0.15, -0.1) is 5.10 Å². The zero-order valence-corrected chi connectivity index (χ0v) is 9.93. The van der Waals surface area contributed by atoms with Gasteiger partial charge in [-0.3, -0.25) is 4.79 Å². The van der Waals surface area contributed by atoms with Gasteiger partial charge < -0.3 is 5.11 Å². The average Bonchev–Trinajstić information content (AvgIpc) is 2.48. The summed E-state index contributed by atoms with van der Waals surface area (Å²) in [7, 11) is 0. The summed E-state index contributed by atoms with van der Waals surface area (Å²) in [6.45, 7) is 8.43. The van der Waals surface area contributed by atoms with E-state index < -0.39 is 5.97 Å². The number of rotatable bonds is 3. The van der Waals surface area contributed by atoms with Gasteiger partial charge in [-0.2, -0.15) is 0 Å². The number of carbonyl (C=O) groups is 1. The molecule has 1 heterocycles. The van der Waals surface area contributed by atoms with Crippen LogP contribution in [-0.2, 0) is 11.3 Å². The van der Waals surface area contributed by atoms with Crippen molar-refractivity contribution < 1.29 is 9.90 Å². The van der Waals surface area contributed by atoms with Gasteiger partial charge in [0.05, 0.1) is 0 Å². The molecule has 0 atom stereocenters. The molecule has 1 aliphatic carbocycles. The van der Waals surface area contributed by atoms with E-state index in [-0.39, 0.29) is 23.3 Å². The quantitative estimate of drug-likeness (QED) is 0.825. The first kappa shape index (κ1) is 11.0. The molecular weight excluding hydrogens is 208 g/mol. The minimum atomic E-state index is -0.926. The largest absolute Gasteiger partial charge is 0.480 e. The molecule has 0 unspecified atom stereocenters. The maximum Gasteiger partial charge on any atom is 0.325 e. The van der Waals surface area contributed by atoms with Crippen molar-refractivity contribution in [2.75, 3.05) is 0 Å². The Morgan fingerprint density at radius 3 is 2.38 bits per heavy atom. The van der Waals surface area contributed by atoms with Crippen LogP contribution in [0.25, 0.3) is 0 Å². The Kier molecular flexibility index (Phi) is 2.09. The van der Waals surface area contributed by atoms with E-state index in [0.29, 0.717) is 5.82 Å². The van der Waals surface area contributed by atoms with Gasteiger partial charge in [-0.05, 0) is 21.3 Å². The SMILES string of the molecule is CC1(C)C(c2nnnn2CC(=O)O)C1(C)C. The molecule has 1 aliphatic rings. The molecule has 0 saturated heterocycles. The second-order valence-corrected chi connectivity index (χ2v) is 5.46. The molecule has 1 aromatic heterocycles. The lowest BCUT2D eigenvalue weighted by molar-refractivity contribution is -0.138. The second kappa shape index (κ2) is 3.02. The minimum absolute atomic E-state index is 0.109. The van der Waals surface area contributed by atoms with Gasteiger partial charge in [0, 0.05) is 5.92 Å². The molecule has 1 aromatic rings. The highest BCUT2D eigenvalue weighted by atomic mass is 16.4. The van der Waals surface area contributed by atoms with Gasteiger partial charge in [0.25, 0.3) is 0 Å². The molecule has 0 amide bonds. The third kappa shape index (κ3) is 1.32. The summed E-state index contributed by atoms with van der Waals surface area (Å²) < 4.78 is 1.38. The Hall–Kier alpha value is -1.46. The van der Waals surface area contributed by atoms with E-state index in [9.17, 15) is 4.79 Å². The summed E-state index contributed by atoms with van der Waals surface area (Å²) in [6, 6.07) is 0. The van der Waals surface area contributed by atoms with E-state index >= 15 is 0 Å². The molecular formula is C10H16N4O2. The first-order valence-corrected chi connectivity index (χ1v) is 5.26. The molecule has 16 heavy (non-hydrogen) atoms. The van der Waals surface area contributed by atoms with Crippen LogP contribution < -0.4 is 0 Å². The summed E-state index contributed by atoms with van der Waals surface area (Å²) in [5, 5.41) is 20.0. The Morgan fingerprint density at radius 2 is 1.94 bits per heavy atom. The molecule has 0 aliphatic heterocycles. The number of tetrazole rings is 1. The van der Waals surface area contributed by atoms with Crippen molar-refractivity contribution in [1.29, 1.82) is 0 Å². The van der Waals surface area contributed by atoms with E-state index in [1.807, 2.05) is 0 Å². The normalized spacial score (nSPS) is 22.0. The molecule has 6 heteroatoms. The summed E-state index contributed by atoms with van der Waals surface area (Å²) in [5.74, 6) is -0.0310. The van der Waals surface area contributed by atoms with E-state index in [1.165, 1.54) is 4.68 Å². The maximum absolute atomic E-state index is 10.7. The number of hydrogen-bond donors (Lipinski definition) is 1. The monoisotopic (exact) mass is 224 g/mol. The van der Waals surface area contributed by atoms with Crippen LogP contribution in [0.15, 0.2) is 0 Å². The van der Waals surface area contributed by atoms with Gasteiger partial charge in [0.15, 0.2) is 5.82 Å². The predicted molar refractivity (Wildman–Crippen MR) is 55.8 cm³/mol. The lowest BCUT2D eigenvalue weighted by Gasteiger charge is -2.03. The van der Waals surface area contributed by atoms with Crippen molar-refractivity contribution in [2.45, 2.75) is 40.2 Å². The van der Waals surface area contributed by atoms with E-state index in [1.54, 1.807) is 0 Å². The van der Waals surface area contributed by atoms with Crippen molar-refractivity contribution in [1.82, 2.24) is 20.2 Å². The minimum Gasteiger partial charge on any atom is -0.480 e. The predicted octanol–water partition coefficient (Wildman–Crippen LogP) is 0.907. The average molecular weight is 224 g/mol. The summed E-state index contributed by atoms with van der Waals surface area (Å²) in [4.78, 5) is 10.7. The molecule has 0 bridgehead atoms. The number of aromatic nitrogens is 4. The number of aliphatic carboxylic acids is 1. The van der Waals surface area contributed by atoms with Gasteiger partial charge >= 0.3 is 5.97 Å². The Labute approximate surface area is 93.6 Å². The third-order valence-electron chi connectivity index (χ3n) is 4.12. The van der Waals surface area contributed by atoms with Crippen molar-refractivity contribution in [3.63, 3.8) is 0 Å². The van der Waals surface area contributed by atoms with Crippen molar-refractivity contribution in [3.8, 4) is 0 Å². The molecule has 0 spiro atoms. The van der Waals surface area contributed by atoms with Crippen LogP contribution in [0.3, 0.4) is 0 Å². The van der Waals surface area contributed by atoms with Crippen molar-refractivity contribution in [3.05, 3.63) is 5.82 Å². The van der Waals surface area contributed by atoms with Crippen LogP contribution in [0.5, 0.6) is 0 Å². The van der Waals surface area contributed by atoms with E-state index in [4.69, 9.17) is 5.11 Å². The highest BCUT2D eigenvalue weighted by Crippen LogP contribution is 2.73. The van der Waals surface area contributed by atoms with Gasteiger partial charge in [-0.25, -0.2) is 4.68 Å². The fourth-order valence-corrected chi connectivity index (χ4v) is 2.50. The summed E-state index contributed by atoms with van der Waals surface area (Å²) in [6.07, 6.45) is 0. The first-order valence-electron chi connectivity index (χ1n) is 5.26. The fourth-order valence-electron chi connectivity index (χ4n) is 2.50. The lowest BCUT2D eigenvalue weighted by atomic mass is 10.0. The highest BCUT2D eigenvalue weighted by Gasteiger charge is 2.67. The van der Waals surface area contributed by atoms with Crippen LogP contribution in [0.4, 0.5) is 0 Å². The number of carboxylic acids is 1. The van der Waals surface area contributed by atoms with Gasteiger partial charge in [0.2, 0.25) is 0 Å². The Balaban J connectivity index is 2.30. The van der Waals surface area contributed by atoms with Crippen LogP contribution in [0.1, 0.15) is 39.4 Å². The maximum atomic E-state index is 10.7. The number of nitrogens with zero attached hydrogens (tertiary/aromatic N) is 4. The second-order valence-electron chi connectivity index (χ2n) is 5.46. The number of hydrogen-bond acceptors (Lipinski definition) is 4. The standard InChI is InChI=1S/C10H16N4O2/c1-9(2)7(10(9,3)4)8-11-12-13-14(8)5-6(15)16/h7H,5H2,1-4H3,(H,15,16). The topological polar surface area (TPSA) is 80.9 Å². The lowest BCUT2D eigenvalue weighted by Crippen LogP contribution is -2.14. The molecule has 1 N–H and O–H groups in total. The van der Waals surface area contributed by atoms with Gasteiger partial charge in [-0.1, -0.05) is 27.7 Å². The third-order valence-corrected chi connectivity index (χ3v) is 4.12. The zero-order valence-electron chi connectivity index (χ0n) is 9.93. The smallest absolute Gasteiger partial charge is 0.325 e. The highest BCUT2D eigenvalue weighted by molar-refractivity contribution is 5.66. The molecule has 1 fully saturated rings. The Morgan fingerprint density at radius 1 is 1.38 bits per heavy atom. The van der Waals surface area contributed by atoms with E-state index in [2.05, 4.69) is 43.2 Å². The van der Waals surface area contributed by atoms with Crippen molar-refractivity contribution >= 4 is 5.97 Å². The summed E-state index contributed by atoms with van der Waals surface area (Å²) in [5.41, 5.74) is 0.218. The Bertz CT molecular complexity index is 422. The molecule has 6 nitrogen and oxygen atoms in total. The van der Waals surface area contributed by atoms with Crippen LogP contribution in [0, 0.1) is 10.8 Å². The summed E-state index contributed by atoms with van der Waals surface area (Å²) >= 11 is 0. The van der Waals surface area contributed by atoms with Crippen LogP contribution in [-0.4, -0.2) is 31.3 Å². The fraction of sp³-hybridized carbons (Fsp3) is 0.800. The first-order chi connectivity index (χ1) is 7.28. The molecule has 88 valence electrons. The van der Waals surface area contributed by atoms with Crippen LogP contribution >= 0.6 is 0 Å². The molecule has 2 rings (SSSR count). The van der Waals surface area contributed by atoms with Crippen LogP contribution in [0.2, 0.25) is 0 Å². The van der Waals surface area contributed by atoms with Crippen molar-refractivity contribution in [2.24, 2.45) is 10.8 Å². The molecule has 1 saturated carbocycles. The van der Waals surface area contributed by atoms with Gasteiger partial charge in [0.1, 0.15) is 6.54 Å². The zero-order chi connectivity index (χ0) is 12.1. The molecule has 0 radical (unpaired) electrons. The molecule has 0 aromatic carbocycles.